The summed E-state index contributed by atoms with van der Waals surface area (Å²) in [5, 5.41) is 9.44. The maximum Gasteiger partial charge on any atom is 0.301 e. The summed E-state index contributed by atoms with van der Waals surface area (Å²) in [6, 6.07) is 3.20. The van der Waals surface area contributed by atoms with E-state index in [1.807, 2.05) is 0 Å². The number of benzene rings is 1. The van der Waals surface area contributed by atoms with Gasteiger partial charge in [0.05, 0.1) is 14.2 Å². The molecular formula is C8H10O7S2. The zero-order valence-electron chi connectivity index (χ0n) is 8.95. The lowest BCUT2D eigenvalue weighted by molar-refractivity contribution is 0.377. The van der Waals surface area contributed by atoms with Gasteiger partial charge in [-0.3, -0.25) is 8.37 Å². The summed E-state index contributed by atoms with van der Waals surface area (Å²) in [6.45, 7) is 0. The molecule has 9 heteroatoms. The maximum atomic E-state index is 11.5. The monoisotopic (exact) mass is 282 g/mol. The molecular weight excluding hydrogens is 272 g/mol. The molecule has 0 aliphatic heterocycles. The first-order valence-electron chi connectivity index (χ1n) is 4.19. The third-order valence-corrected chi connectivity index (χ3v) is 4.73. The summed E-state index contributed by atoms with van der Waals surface area (Å²) in [7, 11) is -6.90. The lowest BCUT2D eigenvalue weighted by Crippen LogP contribution is -2.12. The topological polar surface area (TPSA) is 107 Å². The van der Waals surface area contributed by atoms with Crippen LogP contribution < -0.4 is 0 Å². The fraction of sp³-hybridized carbons (Fsp3) is 0.250. The highest BCUT2D eigenvalue weighted by Crippen LogP contribution is 2.31. The zero-order chi connectivity index (χ0) is 13.3. The maximum absolute atomic E-state index is 11.5. The van der Waals surface area contributed by atoms with Gasteiger partial charge in [-0.1, -0.05) is 6.07 Å². The van der Waals surface area contributed by atoms with Gasteiger partial charge < -0.3 is 5.11 Å². The Morgan fingerprint density at radius 1 is 1.00 bits per heavy atom. The van der Waals surface area contributed by atoms with Crippen molar-refractivity contribution >= 4 is 20.2 Å². The fourth-order valence-corrected chi connectivity index (χ4v) is 3.30. The Morgan fingerprint density at radius 3 is 2.00 bits per heavy atom. The van der Waals surface area contributed by atoms with Gasteiger partial charge >= 0.3 is 10.1 Å². The second kappa shape index (κ2) is 4.61. The highest BCUT2D eigenvalue weighted by molar-refractivity contribution is 7.90. The predicted molar refractivity (Wildman–Crippen MR) is 56.5 cm³/mol. The molecule has 0 aliphatic carbocycles. The minimum atomic E-state index is -4.36. The summed E-state index contributed by atoms with van der Waals surface area (Å²) in [6.07, 6.45) is 0. The second-order valence-electron chi connectivity index (χ2n) is 2.85. The van der Waals surface area contributed by atoms with Crippen molar-refractivity contribution in [2.24, 2.45) is 0 Å². The van der Waals surface area contributed by atoms with Crippen molar-refractivity contribution in [2.45, 2.75) is 9.79 Å². The number of hydrogen-bond acceptors (Lipinski definition) is 7. The SMILES string of the molecule is COS(=O)(=O)c1cccc(O)c1S(=O)(=O)OC. The summed E-state index contributed by atoms with van der Waals surface area (Å²) in [5.41, 5.74) is 0. The molecule has 0 radical (unpaired) electrons. The van der Waals surface area contributed by atoms with E-state index >= 15 is 0 Å². The third kappa shape index (κ3) is 2.57. The number of hydrogen-bond donors (Lipinski definition) is 1. The van der Waals surface area contributed by atoms with Crippen molar-refractivity contribution in [3.63, 3.8) is 0 Å². The molecule has 0 atom stereocenters. The summed E-state index contributed by atoms with van der Waals surface area (Å²) in [4.78, 5) is -1.52. The van der Waals surface area contributed by atoms with Crippen molar-refractivity contribution in [2.75, 3.05) is 14.2 Å². The van der Waals surface area contributed by atoms with Crippen molar-refractivity contribution in [3.8, 4) is 5.75 Å². The first-order chi connectivity index (χ1) is 7.76. The van der Waals surface area contributed by atoms with Gasteiger partial charge in [0.1, 0.15) is 10.6 Å². The summed E-state index contributed by atoms with van der Waals surface area (Å²) < 4.78 is 54.3. The van der Waals surface area contributed by atoms with Crippen LogP contribution in [0.2, 0.25) is 0 Å². The first kappa shape index (κ1) is 13.9. The van der Waals surface area contributed by atoms with Gasteiger partial charge in [-0.15, -0.1) is 0 Å². The van der Waals surface area contributed by atoms with E-state index in [1.165, 1.54) is 6.07 Å². The van der Waals surface area contributed by atoms with E-state index in [4.69, 9.17) is 0 Å². The minimum Gasteiger partial charge on any atom is -0.506 e. The van der Waals surface area contributed by atoms with Gasteiger partial charge in [-0.25, -0.2) is 0 Å². The molecule has 0 saturated heterocycles. The van der Waals surface area contributed by atoms with Gasteiger partial charge in [0, 0.05) is 0 Å². The molecule has 0 bridgehead atoms. The van der Waals surface area contributed by atoms with Crippen LogP contribution in [-0.2, 0) is 28.6 Å². The van der Waals surface area contributed by atoms with Gasteiger partial charge in [0.15, 0.2) is 4.90 Å². The van der Waals surface area contributed by atoms with Crippen LogP contribution >= 0.6 is 0 Å². The standard InChI is InChI=1S/C8H10O7S2/c1-14-16(10,11)7-5-3-4-6(9)8(7)17(12,13)15-2/h3-5,9H,1-2H3. The van der Waals surface area contributed by atoms with Crippen LogP contribution in [0, 0.1) is 0 Å². The zero-order valence-corrected chi connectivity index (χ0v) is 10.6. The molecule has 17 heavy (non-hydrogen) atoms. The van der Waals surface area contributed by atoms with E-state index in [0.29, 0.717) is 0 Å². The van der Waals surface area contributed by atoms with Crippen LogP contribution in [0.25, 0.3) is 0 Å². The van der Waals surface area contributed by atoms with Gasteiger partial charge in [-0.05, 0) is 12.1 Å². The molecule has 7 nitrogen and oxygen atoms in total. The highest BCUT2D eigenvalue weighted by Gasteiger charge is 2.29. The Labute approximate surface area is 98.9 Å². The largest absolute Gasteiger partial charge is 0.506 e. The fourth-order valence-electron chi connectivity index (χ4n) is 1.13. The average molecular weight is 282 g/mol. The van der Waals surface area contributed by atoms with E-state index in [2.05, 4.69) is 8.37 Å². The third-order valence-electron chi connectivity index (χ3n) is 1.92. The molecule has 0 heterocycles. The van der Waals surface area contributed by atoms with E-state index in [9.17, 15) is 21.9 Å². The molecule has 1 N–H and O–H groups in total. The second-order valence-corrected chi connectivity index (χ2v) is 6.18. The Bertz CT molecular complexity index is 615. The van der Waals surface area contributed by atoms with E-state index in [0.717, 1.165) is 26.4 Å². The van der Waals surface area contributed by atoms with Crippen LogP contribution in [0.3, 0.4) is 0 Å². The molecule has 1 aromatic rings. The number of aromatic hydroxyl groups is 1. The van der Waals surface area contributed by atoms with Crippen molar-refractivity contribution in [3.05, 3.63) is 18.2 Å². The molecule has 1 rings (SSSR count). The van der Waals surface area contributed by atoms with Crippen LogP contribution in [0.15, 0.2) is 28.0 Å². The molecule has 0 fully saturated rings. The van der Waals surface area contributed by atoms with Gasteiger partial charge in [0.25, 0.3) is 10.1 Å². The average Bonchev–Trinajstić information content (AvgIpc) is 2.28. The highest BCUT2D eigenvalue weighted by atomic mass is 32.2. The summed E-state index contributed by atoms with van der Waals surface area (Å²) in [5.74, 6) is -0.732. The number of phenolic OH excluding ortho intramolecular Hbond substituents is 1. The van der Waals surface area contributed by atoms with Gasteiger partial charge in [0.2, 0.25) is 0 Å². The van der Waals surface area contributed by atoms with E-state index in [-0.39, 0.29) is 0 Å². The normalized spacial score (nSPS) is 12.6. The number of rotatable bonds is 4. The lowest BCUT2D eigenvalue weighted by Gasteiger charge is -2.09. The van der Waals surface area contributed by atoms with Crippen LogP contribution in [0.5, 0.6) is 5.75 Å². The van der Waals surface area contributed by atoms with Crippen LogP contribution in [0.4, 0.5) is 0 Å². The van der Waals surface area contributed by atoms with E-state index < -0.39 is 35.8 Å². The van der Waals surface area contributed by atoms with Crippen molar-refractivity contribution in [1.29, 1.82) is 0 Å². The predicted octanol–water partition coefficient (Wildman–Crippen LogP) is 0.0624. The Morgan fingerprint density at radius 2 is 1.53 bits per heavy atom. The molecule has 0 aromatic heterocycles. The van der Waals surface area contributed by atoms with Gasteiger partial charge in [-0.2, -0.15) is 16.8 Å². The molecule has 0 saturated carbocycles. The first-order valence-corrected chi connectivity index (χ1v) is 7.01. The molecule has 0 aliphatic rings. The smallest absolute Gasteiger partial charge is 0.301 e. The van der Waals surface area contributed by atoms with E-state index in [1.54, 1.807) is 0 Å². The molecule has 1 aromatic carbocycles. The molecule has 0 amide bonds. The van der Waals surface area contributed by atoms with Crippen LogP contribution in [0.1, 0.15) is 0 Å². The lowest BCUT2D eigenvalue weighted by atomic mass is 10.3. The quantitative estimate of drug-likeness (QED) is 0.778. The Balaban J connectivity index is 3.73. The van der Waals surface area contributed by atoms with Crippen LogP contribution in [-0.4, -0.2) is 36.2 Å². The Hall–Kier alpha value is -1.16. The molecule has 0 spiro atoms. The molecule has 96 valence electrons. The Kier molecular flexibility index (Phi) is 3.77. The molecule has 0 unspecified atom stereocenters. The van der Waals surface area contributed by atoms with Crippen molar-refractivity contribution in [1.82, 2.24) is 0 Å². The number of phenols is 1. The van der Waals surface area contributed by atoms with Crippen molar-refractivity contribution < 1.29 is 30.3 Å². The minimum absolute atomic E-state index is 0.679. The summed E-state index contributed by atoms with van der Waals surface area (Å²) >= 11 is 0.